The van der Waals surface area contributed by atoms with Gasteiger partial charge in [-0.2, -0.15) is 0 Å². The molecule has 0 unspecified atom stereocenters. The highest BCUT2D eigenvalue weighted by atomic mass is 32.1. The SMILES string of the molecule is CCn1c(-c2nc3cc(C(=O)N4CCC[C@@H](NC(=O)O)C4)cc(OC)c3n2C)nc2ccsc21. The first-order valence-corrected chi connectivity index (χ1v) is 12.1. The zero-order valence-corrected chi connectivity index (χ0v) is 20.1. The Labute approximate surface area is 199 Å². The van der Waals surface area contributed by atoms with E-state index in [1.54, 1.807) is 35.5 Å². The number of nitrogens with one attached hydrogen (secondary N) is 1. The Balaban J connectivity index is 1.55. The number of likely N-dealkylation sites (tertiary alicyclic amines) is 1. The van der Waals surface area contributed by atoms with E-state index in [2.05, 4.69) is 16.8 Å². The number of fused-ring (bicyclic) bond motifs is 2. The second kappa shape index (κ2) is 8.64. The molecule has 178 valence electrons. The van der Waals surface area contributed by atoms with Crippen LogP contribution in [0.1, 0.15) is 30.1 Å². The lowest BCUT2D eigenvalue weighted by Gasteiger charge is -2.32. The van der Waals surface area contributed by atoms with Crippen LogP contribution in [0.3, 0.4) is 0 Å². The topological polar surface area (TPSA) is 115 Å². The molecular formula is C23H26N6O4S. The highest BCUT2D eigenvalue weighted by Crippen LogP contribution is 2.34. The Morgan fingerprint density at radius 1 is 1.26 bits per heavy atom. The number of piperidine rings is 1. The van der Waals surface area contributed by atoms with Gasteiger partial charge < -0.3 is 29.2 Å². The third kappa shape index (κ3) is 3.65. The average molecular weight is 483 g/mol. The summed E-state index contributed by atoms with van der Waals surface area (Å²) in [4.78, 5) is 36.8. The molecule has 1 aromatic carbocycles. The summed E-state index contributed by atoms with van der Waals surface area (Å²) in [7, 11) is 3.50. The first-order valence-electron chi connectivity index (χ1n) is 11.2. The van der Waals surface area contributed by atoms with Crippen molar-refractivity contribution < 1.29 is 19.4 Å². The Bertz CT molecular complexity index is 1400. The zero-order chi connectivity index (χ0) is 24.0. The molecule has 0 radical (unpaired) electrons. The van der Waals surface area contributed by atoms with Crippen LogP contribution in [0, 0.1) is 0 Å². The molecule has 1 aliphatic heterocycles. The smallest absolute Gasteiger partial charge is 0.404 e. The van der Waals surface area contributed by atoms with E-state index in [0.29, 0.717) is 42.2 Å². The summed E-state index contributed by atoms with van der Waals surface area (Å²) in [6.07, 6.45) is 0.373. The molecule has 1 atom stereocenters. The number of amides is 2. The number of hydrogen-bond acceptors (Lipinski definition) is 6. The molecule has 10 nitrogen and oxygen atoms in total. The number of carbonyl (C=O) groups is 2. The van der Waals surface area contributed by atoms with Gasteiger partial charge in [-0.3, -0.25) is 4.79 Å². The third-order valence-electron chi connectivity index (χ3n) is 6.31. The summed E-state index contributed by atoms with van der Waals surface area (Å²) in [5, 5.41) is 13.6. The Morgan fingerprint density at radius 3 is 2.79 bits per heavy atom. The standard InChI is InChI=1S/C23H26N6O4S/c1-4-29-20(25-15-7-9-34-22(15)29)19-26-16-10-13(11-17(33-3)18(16)27(19)2)21(30)28-8-5-6-14(12-28)24-23(31)32/h7,9-11,14,24H,4-6,8,12H2,1-3H3,(H,31,32)/t14-/m1/s1. The number of benzene rings is 1. The van der Waals surface area contributed by atoms with Crippen LogP contribution >= 0.6 is 11.3 Å². The summed E-state index contributed by atoms with van der Waals surface area (Å²) in [5.41, 5.74) is 2.83. The number of carbonyl (C=O) groups excluding carboxylic acids is 1. The van der Waals surface area contributed by atoms with Gasteiger partial charge in [0.25, 0.3) is 5.91 Å². The van der Waals surface area contributed by atoms with Crippen molar-refractivity contribution in [1.29, 1.82) is 0 Å². The lowest BCUT2D eigenvalue weighted by Crippen LogP contribution is -2.49. The predicted octanol–water partition coefficient (Wildman–Crippen LogP) is 3.55. The van der Waals surface area contributed by atoms with Gasteiger partial charge in [0.2, 0.25) is 0 Å². The fraction of sp³-hybridized carbons (Fsp3) is 0.391. The number of nitrogens with zero attached hydrogens (tertiary/aromatic N) is 5. The van der Waals surface area contributed by atoms with Gasteiger partial charge in [-0.15, -0.1) is 11.3 Å². The van der Waals surface area contributed by atoms with Crippen LogP contribution < -0.4 is 10.1 Å². The van der Waals surface area contributed by atoms with Crippen LogP contribution in [0.5, 0.6) is 5.75 Å². The third-order valence-corrected chi connectivity index (χ3v) is 7.23. The summed E-state index contributed by atoms with van der Waals surface area (Å²) in [6.45, 7) is 3.76. The maximum Gasteiger partial charge on any atom is 0.404 e. The van der Waals surface area contributed by atoms with Gasteiger partial charge >= 0.3 is 6.09 Å². The molecule has 3 aromatic heterocycles. The number of imidazole rings is 2. The summed E-state index contributed by atoms with van der Waals surface area (Å²) >= 11 is 1.65. The minimum Gasteiger partial charge on any atom is -0.494 e. The number of methoxy groups -OCH3 is 1. The van der Waals surface area contributed by atoms with Crippen molar-refractivity contribution in [2.45, 2.75) is 32.4 Å². The van der Waals surface area contributed by atoms with Gasteiger partial charge in [0.1, 0.15) is 21.6 Å². The fourth-order valence-corrected chi connectivity index (χ4v) is 5.65. The molecule has 1 saturated heterocycles. The van der Waals surface area contributed by atoms with E-state index < -0.39 is 6.09 Å². The Kier molecular flexibility index (Phi) is 5.64. The van der Waals surface area contributed by atoms with Crippen LogP contribution in [-0.4, -0.2) is 67.4 Å². The number of rotatable bonds is 5. The lowest BCUT2D eigenvalue weighted by atomic mass is 10.0. The van der Waals surface area contributed by atoms with Crippen molar-refractivity contribution >= 4 is 44.7 Å². The van der Waals surface area contributed by atoms with Gasteiger partial charge in [0.05, 0.1) is 12.6 Å². The lowest BCUT2D eigenvalue weighted by molar-refractivity contribution is 0.0692. The number of carboxylic acid groups (broad SMARTS) is 1. The molecule has 4 heterocycles. The molecule has 2 N–H and O–H groups in total. The Hall–Kier alpha value is -3.60. The summed E-state index contributed by atoms with van der Waals surface area (Å²) in [6, 6.07) is 5.24. The van der Waals surface area contributed by atoms with Gasteiger partial charge in [0.15, 0.2) is 11.6 Å². The average Bonchev–Trinajstić information content (AvgIpc) is 3.50. The molecular weight excluding hydrogens is 456 g/mol. The maximum absolute atomic E-state index is 13.3. The highest BCUT2D eigenvalue weighted by Gasteiger charge is 2.27. The number of aryl methyl sites for hydroxylation is 2. The second-order valence-electron chi connectivity index (χ2n) is 8.37. The van der Waals surface area contributed by atoms with Crippen LogP contribution in [0.2, 0.25) is 0 Å². The van der Waals surface area contributed by atoms with E-state index in [4.69, 9.17) is 19.8 Å². The number of thiophene rings is 1. The predicted molar refractivity (Wildman–Crippen MR) is 130 cm³/mol. The van der Waals surface area contributed by atoms with Crippen molar-refractivity contribution in [3.8, 4) is 17.4 Å². The number of ether oxygens (including phenoxy) is 1. The van der Waals surface area contributed by atoms with Crippen molar-refractivity contribution in [1.82, 2.24) is 29.3 Å². The molecule has 11 heteroatoms. The van der Waals surface area contributed by atoms with Crippen LogP contribution in [0.25, 0.3) is 33.0 Å². The summed E-state index contributed by atoms with van der Waals surface area (Å²) < 4.78 is 9.76. The fourth-order valence-electron chi connectivity index (χ4n) is 4.74. The number of hydrogen-bond donors (Lipinski definition) is 2. The van der Waals surface area contributed by atoms with Gasteiger partial charge in [-0.1, -0.05) is 0 Å². The van der Waals surface area contributed by atoms with E-state index >= 15 is 0 Å². The zero-order valence-electron chi connectivity index (χ0n) is 19.2. The largest absolute Gasteiger partial charge is 0.494 e. The van der Waals surface area contributed by atoms with Crippen LogP contribution in [0.15, 0.2) is 23.6 Å². The van der Waals surface area contributed by atoms with Crippen molar-refractivity contribution in [3.05, 3.63) is 29.1 Å². The number of aromatic nitrogens is 4. The normalized spacial score (nSPS) is 16.3. The van der Waals surface area contributed by atoms with E-state index in [9.17, 15) is 9.59 Å². The van der Waals surface area contributed by atoms with Gasteiger partial charge in [-0.05, 0) is 43.3 Å². The molecule has 2 amide bonds. The van der Waals surface area contributed by atoms with E-state index in [-0.39, 0.29) is 11.9 Å². The molecule has 1 aliphatic rings. The molecule has 5 rings (SSSR count). The van der Waals surface area contributed by atoms with E-state index in [1.165, 1.54) is 0 Å². The van der Waals surface area contributed by atoms with Gasteiger partial charge in [0, 0.05) is 38.3 Å². The first kappa shape index (κ1) is 22.2. The van der Waals surface area contributed by atoms with E-state index in [1.807, 2.05) is 23.1 Å². The quantitative estimate of drug-likeness (QED) is 0.450. The minimum absolute atomic E-state index is 0.167. The van der Waals surface area contributed by atoms with Crippen molar-refractivity contribution in [3.63, 3.8) is 0 Å². The van der Waals surface area contributed by atoms with Crippen LogP contribution in [-0.2, 0) is 13.6 Å². The first-order chi connectivity index (χ1) is 16.4. The van der Waals surface area contributed by atoms with Crippen molar-refractivity contribution in [2.75, 3.05) is 20.2 Å². The summed E-state index contributed by atoms with van der Waals surface area (Å²) in [5.74, 6) is 1.86. The Morgan fingerprint density at radius 2 is 2.06 bits per heavy atom. The second-order valence-corrected chi connectivity index (χ2v) is 9.27. The highest BCUT2D eigenvalue weighted by molar-refractivity contribution is 7.16. The van der Waals surface area contributed by atoms with E-state index in [0.717, 1.165) is 34.7 Å². The molecule has 0 bridgehead atoms. The van der Waals surface area contributed by atoms with Gasteiger partial charge in [-0.25, -0.2) is 14.8 Å². The molecule has 4 aromatic rings. The van der Waals surface area contributed by atoms with Crippen molar-refractivity contribution in [2.24, 2.45) is 7.05 Å². The van der Waals surface area contributed by atoms with Crippen LogP contribution in [0.4, 0.5) is 4.79 Å². The molecule has 34 heavy (non-hydrogen) atoms. The monoisotopic (exact) mass is 482 g/mol. The molecule has 0 aliphatic carbocycles. The molecule has 1 fully saturated rings. The maximum atomic E-state index is 13.3. The molecule has 0 spiro atoms. The minimum atomic E-state index is -1.08. The molecule has 0 saturated carbocycles.